The van der Waals surface area contributed by atoms with Crippen LogP contribution in [-0.2, 0) is 17.6 Å². The van der Waals surface area contributed by atoms with Gasteiger partial charge < -0.3 is 5.32 Å². The van der Waals surface area contributed by atoms with E-state index in [1.54, 1.807) is 22.8 Å². The van der Waals surface area contributed by atoms with E-state index in [1.807, 2.05) is 6.92 Å². The molecule has 1 heterocycles. The molecule has 1 aliphatic rings. The Kier molecular flexibility index (Phi) is 5.94. The Labute approximate surface area is 173 Å². The number of fused-ring (bicyclic) bond motifs is 1. The van der Waals surface area contributed by atoms with Crippen molar-refractivity contribution < 1.29 is 9.18 Å². The second kappa shape index (κ2) is 8.78. The molecule has 1 N–H and O–H groups in total. The maximum absolute atomic E-state index is 14.0. The van der Waals surface area contributed by atoms with E-state index >= 15 is 0 Å². The van der Waals surface area contributed by atoms with Gasteiger partial charge in [0.25, 0.3) is 0 Å². The molecule has 1 amide bonds. The van der Waals surface area contributed by atoms with Crippen LogP contribution < -0.4 is 5.32 Å². The second-order valence-corrected chi connectivity index (χ2v) is 8.19. The second-order valence-electron chi connectivity index (χ2n) is 7.25. The number of carbonyl (C=O) groups excluding carboxylic acids is 1. The Balaban J connectivity index is 1.38. The number of halogens is 1. The van der Waals surface area contributed by atoms with Crippen LogP contribution in [-0.4, -0.2) is 26.4 Å². The van der Waals surface area contributed by atoms with Crippen LogP contribution in [0.3, 0.4) is 0 Å². The molecule has 0 bridgehead atoms. The fraction of sp³-hybridized carbons (Fsp3) is 0.318. The molecule has 1 aliphatic carbocycles. The van der Waals surface area contributed by atoms with Crippen molar-refractivity contribution in [2.75, 3.05) is 5.75 Å². The highest BCUT2D eigenvalue weighted by molar-refractivity contribution is 7.99. The first kappa shape index (κ1) is 19.6. The number of rotatable bonds is 6. The molecule has 5 nitrogen and oxygen atoms in total. The van der Waals surface area contributed by atoms with Crippen molar-refractivity contribution in [3.05, 3.63) is 71.3 Å². The van der Waals surface area contributed by atoms with Crippen molar-refractivity contribution >= 4 is 17.7 Å². The van der Waals surface area contributed by atoms with Gasteiger partial charge in [-0.3, -0.25) is 9.36 Å². The highest BCUT2D eigenvalue weighted by Gasteiger charge is 2.16. The number of aromatic nitrogens is 3. The lowest BCUT2D eigenvalue weighted by atomic mass is 9.89. The SMILES string of the molecule is CC(NC(=O)CSc1nncn1-c1ccccc1F)c1ccc2c(c1)CCCC2. The Morgan fingerprint density at radius 2 is 2.00 bits per heavy atom. The van der Waals surface area contributed by atoms with Crippen molar-refractivity contribution in [2.45, 2.75) is 43.8 Å². The first-order valence-corrected chi connectivity index (χ1v) is 10.8. The van der Waals surface area contributed by atoms with Crippen LogP contribution >= 0.6 is 11.8 Å². The fourth-order valence-electron chi connectivity index (χ4n) is 3.65. The summed E-state index contributed by atoms with van der Waals surface area (Å²) >= 11 is 1.24. The molecule has 1 unspecified atom stereocenters. The van der Waals surface area contributed by atoms with E-state index in [2.05, 4.69) is 33.7 Å². The summed E-state index contributed by atoms with van der Waals surface area (Å²) < 4.78 is 15.6. The predicted molar refractivity (Wildman–Crippen MR) is 112 cm³/mol. The zero-order chi connectivity index (χ0) is 20.2. The lowest BCUT2D eigenvalue weighted by Crippen LogP contribution is -2.28. The van der Waals surface area contributed by atoms with Gasteiger partial charge in [0.1, 0.15) is 12.1 Å². The number of hydrogen-bond donors (Lipinski definition) is 1. The molecule has 29 heavy (non-hydrogen) atoms. The summed E-state index contributed by atoms with van der Waals surface area (Å²) in [5.74, 6) is -0.273. The smallest absolute Gasteiger partial charge is 0.230 e. The zero-order valence-corrected chi connectivity index (χ0v) is 17.1. The summed E-state index contributed by atoms with van der Waals surface area (Å²) in [7, 11) is 0. The van der Waals surface area contributed by atoms with Gasteiger partial charge in [-0.25, -0.2) is 4.39 Å². The monoisotopic (exact) mass is 410 g/mol. The average Bonchev–Trinajstić information content (AvgIpc) is 3.20. The molecular weight excluding hydrogens is 387 g/mol. The van der Waals surface area contributed by atoms with Gasteiger partial charge in [-0.15, -0.1) is 10.2 Å². The summed E-state index contributed by atoms with van der Waals surface area (Å²) in [5.41, 5.74) is 4.32. The Hall–Kier alpha value is -2.67. The van der Waals surface area contributed by atoms with E-state index in [4.69, 9.17) is 0 Å². The summed E-state index contributed by atoms with van der Waals surface area (Å²) in [5, 5.41) is 11.4. The third-order valence-electron chi connectivity index (χ3n) is 5.21. The molecule has 150 valence electrons. The lowest BCUT2D eigenvalue weighted by Gasteiger charge is -2.20. The average molecular weight is 411 g/mol. The van der Waals surface area contributed by atoms with E-state index in [0.717, 1.165) is 18.4 Å². The van der Waals surface area contributed by atoms with Gasteiger partial charge in [0.15, 0.2) is 5.16 Å². The number of hydrogen-bond acceptors (Lipinski definition) is 4. The Bertz CT molecular complexity index is 1020. The van der Waals surface area contributed by atoms with Crippen LogP contribution in [0.25, 0.3) is 5.69 Å². The molecule has 1 atom stereocenters. The van der Waals surface area contributed by atoms with Gasteiger partial charge in [0, 0.05) is 0 Å². The summed E-state index contributed by atoms with van der Waals surface area (Å²) in [4.78, 5) is 12.5. The normalized spacial score (nSPS) is 14.3. The first-order chi connectivity index (χ1) is 14.1. The van der Waals surface area contributed by atoms with E-state index in [1.165, 1.54) is 48.1 Å². The van der Waals surface area contributed by atoms with Gasteiger partial charge in [-0.2, -0.15) is 0 Å². The van der Waals surface area contributed by atoms with E-state index < -0.39 is 0 Å². The van der Waals surface area contributed by atoms with E-state index in [0.29, 0.717) is 10.8 Å². The molecule has 2 aromatic carbocycles. The number of aryl methyl sites for hydroxylation is 2. The minimum Gasteiger partial charge on any atom is -0.349 e. The number of carbonyl (C=O) groups is 1. The molecule has 1 aromatic heterocycles. The Morgan fingerprint density at radius 3 is 2.83 bits per heavy atom. The predicted octanol–water partition coefficient (Wildman–Crippen LogP) is 4.25. The third kappa shape index (κ3) is 4.50. The fourth-order valence-corrected chi connectivity index (χ4v) is 4.39. The minimum atomic E-state index is -0.361. The highest BCUT2D eigenvalue weighted by atomic mass is 32.2. The molecule has 3 aromatic rings. The molecule has 0 saturated carbocycles. The number of nitrogens with zero attached hydrogens (tertiary/aromatic N) is 3. The van der Waals surface area contributed by atoms with Gasteiger partial charge >= 0.3 is 0 Å². The van der Waals surface area contributed by atoms with Crippen LogP contribution in [0.15, 0.2) is 53.9 Å². The van der Waals surface area contributed by atoms with Crippen molar-refractivity contribution in [1.29, 1.82) is 0 Å². The standard InChI is InChI=1S/C22H23FN4OS/c1-15(17-11-10-16-6-2-3-7-18(16)12-17)25-21(28)13-29-22-26-24-14-27(22)20-9-5-4-8-19(20)23/h4-5,8-12,14-15H,2-3,6-7,13H2,1H3,(H,25,28). The number of thioether (sulfide) groups is 1. The van der Waals surface area contributed by atoms with Gasteiger partial charge in [-0.1, -0.05) is 42.1 Å². The summed E-state index contributed by atoms with van der Waals surface area (Å²) in [6.07, 6.45) is 6.21. The largest absolute Gasteiger partial charge is 0.349 e. The number of nitrogens with one attached hydrogen (secondary N) is 1. The molecule has 0 fully saturated rings. The topological polar surface area (TPSA) is 59.8 Å². The van der Waals surface area contributed by atoms with Crippen LogP contribution in [0.5, 0.6) is 0 Å². The molecule has 0 aliphatic heterocycles. The summed E-state index contributed by atoms with van der Waals surface area (Å²) in [6, 6.07) is 12.9. The van der Waals surface area contributed by atoms with Crippen LogP contribution in [0.4, 0.5) is 4.39 Å². The zero-order valence-electron chi connectivity index (χ0n) is 16.3. The third-order valence-corrected chi connectivity index (χ3v) is 6.15. The first-order valence-electron chi connectivity index (χ1n) is 9.80. The quantitative estimate of drug-likeness (QED) is 0.617. The maximum atomic E-state index is 14.0. The molecular formula is C22H23FN4OS. The Morgan fingerprint density at radius 1 is 1.21 bits per heavy atom. The summed E-state index contributed by atoms with van der Waals surface area (Å²) in [6.45, 7) is 2.00. The van der Waals surface area contributed by atoms with Crippen molar-refractivity contribution in [3.8, 4) is 5.69 Å². The molecule has 4 rings (SSSR count). The minimum absolute atomic E-state index is 0.0697. The number of para-hydroxylation sites is 1. The molecule has 7 heteroatoms. The van der Waals surface area contributed by atoms with Gasteiger partial charge in [0.05, 0.1) is 17.5 Å². The van der Waals surface area contributed by atoms with Crippen molar-refractivity contribution in [3.63, 3.8) is 0 Å². The van der Waals surface area contributed by atoms with Crippen molar-refractivity contribution in [1.82, 2.24) is 20.1 Å². The highest BCUT2D eigenvalue weighted by Crippen LogP contribution is 2.25. The van der Waals surface area contributed by atoms with Gasteiger partial charge in [0.2, 0.25) is 5.91 Å². The molecule has 0 radical (unpaired) electrons. The van der Waals surface area contributed by atoms with Crippen LogP contribution in [0.1, 0.15) is 42.5 Å². The maximum Gasteiger partial charge on any atom is 0.230 e. The number of benzene rings is 2. The van der Waals surface area contributed by atoms with Crippen LogP contribution in [0.2, 0.25) is 0 Å². The van der Waals surface area contributed by atoms with E-state index in [-0.39, 0.29) is 23.5 Å². The molecule has 0 saturated heterocycles. The van der Waals surface area contributed by atoms with Gasteiger partial charge in [-0.05, 0) is 61.4 Å². The lowest BCUT2D eigenvalue weighted by molar-refractivity contribution is -0.119. The number of amides is 1. The van der Waals surface area contributed by atoms with Crippen molar-refractivity contribution in [2.24, 2.45) is 0 Å². The van der Waals surface area contributed by atoms with E-state index in [9.17, 15) is 9.18 Å². The molecule has 0 spiro atoms. The van der Waals surface area contributed by atoms with Crippen LogP contribution in [0, 0.1) is 5.82 Å².